The third kappa shape index (κ3) is 4.19. The van der Waals surface area contributed by atoms with Gasteiger partial charge >= 0.3 is 0 Å². The first-order valence-corrected chi connectivity index (χ1v) is 7.41. The predicted molar refractivity (Wildman–Crippen MR) is 83.8 cm³/mol. The largest absolute Gasteiger partial charge is 0.467 e. The molecule has 1 amide bonds. The summed E-state index contributed by atoms with van der Waals surface area (Å²) in [6.45, 7) is 2.42. The molecule has 0 bridgehead atoms. The van der Waals surface area contributed by atoms with E-state index in [1.165, 1.54) is 6.26 Å². The summed E-state index contributed by atoms with van der Waals surface area (Å²) in [6.07, 6.45) is 1.19. The lowest BCUT2D eigenvalue weighted by molar-refractivity contribution is -0.135. The maximum atomic E-state index is 12.4. The lowest BCUT2D eigenvalue weighted by Gasteiger charge is -2.27. The van der Waals surface area contributed by atoms with E-state index < -0.39 is 12.1 Å². The Bertz CT molecular complexity index is 569. The van der Waals surface area contributed by atoms with Crippen LogP contribution < -0.4 is 5.73 Å². The summed E-state index contributed by atoms with van der Waals surface area (Å²) in [5.74, 6) is 0.271. The second-order valence-electron chi connectivity index (χ2n) is 5.25. The zero-order chi connectivity index (χ0) is 15.9. The van der Waals surface area contributed by atoms with Crippen molar-refractivity contribution < 1.29 is 14.3 Å². The molecule has 3 N–H and O–H groups in total. The van der Waals surface area contributed by atoms with Crippen LogP contribution in [0.4, 0.5) is 0 Å². The Hall–Kier alpha value is -2.11. The quantitative estimate of drug-likeness (QED) is 0.820. The van der Waals surface area contributed by atoms with Gasteiger partial charge in [0.25, 0.3) is 0 Å². The molecule has 1 aromatic carbocycles. The zero-order valence-electron chi connectivity index (χ0n) is 12.7. The minimum Gasteiger partial charge on any atom is -0.467 e. The van der Waals surface area contributed by atoms with Gasteiger partial charge in [0, 0.05) is 6.54 Å². The van der Waals surface area contributed by atoms with Crippen molar-refractivity contribution in [3.8, 4) is 0 Å². The smallest absolute Gasteiger partial charge is 0.239 e. The lowest BCUT2D eigenvalue weighted by atomic mass is 10.1. The third-order valence-electron chi connectivity index (χ3n) is 3.55. The van der Waals surface area contributed by atoms with E-state index in [4.69, 9.17) is 10.2 Å². The molecule has 5 nitrogen and oxygen atoms in total. The molecule has 2 unspecified atom stereocenters. The Morgan fingerprint density at radius 3 is 2.59 bits per heavy atom. The van der Waals surface area contributed by atoms with Crippen molar-refractivity contribution >= 4 is 5.91 Å². The molecule has 0 aliphatic rings. The Morgan fingerprint density at radius 2 is 2.00 bits per heavy atom. The van der Waals surface area contributed by atoms with Crippen LogP contribution in [0, 0.1) is 0 Å². The van der Waals surface area contributed by atoms with Gasteiger partial charge in [-0.05, 0) is 24.1 Å². The highest BCUT2D eigenvalue weighted by atomic mass is 16.4. The molecular weight excluding hydrogens is 280 g/mol. The van der Waals surface area contributed by atoms with Gasteiger partial charge in [-0.15, -0.1) is 0 Å². The number of hydrogen-bond acceptors (Lipinski definition) is 4. The topological polar surface area (TPSA) is 79.7 Å². The standard InChI is InChI=1S/C17H22N2O3/c1-2-14(18)17(21)19(11-13-7-4-3-5-8-13)12-15(20)16-9-6-10-22-16/h3-10,14-15,20H,2,11-12,18H2,1H3. The monoisotopic (exact) mass is 302 g/mol. The van der Waals surface area contributed by atoms with E-state index in [0.717, 1.165) is 5.56 Å². The molecule has 2 atom stereocenters. The van der Waals surface area contributed by atoms with E-state index >= 15 is 0 Å². The van der Waals surface area contributed by atoms with Gasteiger partial charge in [0.2, 0.25) is 5.91 Å². The predicted octanol–water partition coefficient (Wildman–Crippen LogP) is 2.08. The number of nitrogens with two attached hydrogens (primary N) is 1. The van der Waals surface area contributed by atoms with E-state index in [1.54, 1.807) is 17.0 Å². The van der Waals surface area contributed by atoms with Gasteiger partial charge in [-0.3, -0.25) is 4.79 Å². The fourth-order valence-corrected chi connectivity index (χ4v) is 2.22. The van der Waals surface area contributed by atoms with Crippen LogP contribution in [0.2, 0.25) is 0 Å². The number of benzene rings is 1. The van der Waals surface area contributed by atoms with Gasteiger partial charge in [0.15, 0.2) is 0 Å². The number of hydrogen-bond donors (Lipinski definition) is 2. The molecule has 0 radical (unpaired) electrons. The van der Waals surface area contributed by atoms with E-state index in [-0.39, 0.29) is 12.5 Å². The van der Waals surface area contributed by atoms with Crippen molar-refractivity contribution in [3.05, 3.63) is 60.1 Å². The number of furan rings is 1. The first-order chi connectivity index (χ1) is 10.6. The van der Waals surface area contributed by atoms with Gasteiger partial charge in [0.05, 0.1) is 18.8 Å². The van der Waals surface area contributed by atoms with Gasteiger partial charge < -0.3 is 20.2 Å². The highest BCUT2D eigenvalue weighted by Gasteiger charge is 2.24. The zero-order valence-corrected chi connectivity index (χ0v) is 12.7. The van der Waals surface area contributed by atoms with Crippen LogP contribution in [-0.2, 0) is 11.3 Å². The Morgan fingerprint density at radius 1 is 1.27 bits per heavy atom. The van der Waals surface area contributed by atoms with Crippen molar-refractivity contribution in [2.45, 2.75) is 32.0 Å². The first-order valence-electron chi connectivity index (χ1n) is 7.41. The molecule has 22 heavy (non-hydrogen) atoms. The first kappa shape index (κ1) is 16.3. The highest BCUT2D eigenvalue weighted by molar-refractivity contribution is 5.81. The number of rotatable bonds is 7. The van der Waals surface area contributed by atoms with E-state index in [1.807, 2.05) is 37.3 Å². The Labute approximate surface area is 130 Å². The number of carbonyl (C=O) groups is 1. The summed E-state index contributed by atoms with van der Waals surface area (Å²) < 4.78 is 5.19. The minimum atomic E-state index is -0.869. The van der Waals surface area contributed by atoms with Crippen molar-refractivity contribution in [1.29, 1.82) is 0 Å². The van der Waals surface area contributed by atoms with Crippen molar-refractivity contribution in [2.75, 3.05) is 6.54 Å². The summed E-state index contributed by atoms with van der Waals surface area (Å²) in [5, 5.41) is 10.2. The van der Waals surface area contributed by atoms with Crippen molar-refractivity contribution in [2.24, 2.45) is 5.73 Å². The normalized spacial score (nSPS) is 13.6. The van der Waals surface area contributed by atoms with Crippen LogP contribution in [0.1, 0.15) is 30.8 Å². The Balaban J connectivity index is 2.12. The average Bonchev–Trinajstić information content (AvgIpc) is 3.08. The summed E-state index contributed by atoms with van der Waals surface area (Å²) in [7, 11) is 0. The van der Waals surface area contributed by atoms with Crippen LogP contribution in [0.25, 0.3) is 0 Å². The molecule has 118 valence electrons. The molecule has 2 rings (SSSR count). The number of aliphatic hydroxyl groups excluding tert-OH is 1. The van der Waals surface area contributed by atoms with E-state index in [9.17, 15) is 9.90 Å². The second-order valence-corrected chi connectivity index (χ2v) is 5.25. The second kappa shape index (κ2) is 7.77. The summed E-state index contributed by atoms with van der Waals surface area (Å²) in [5.41, 5.74) is 6.86. The highest BCUT2D eigenvalue weighted by Crippen LogP contribution is 2.17. The van der Waals surface area contributed by atoms with Crippen LogP contribution in [0.5, 0.6) is 0 Å². The molecule has 1 aromatic heterocycles. The molecular formula is C17H22N2O3. The van der Waals surface area contributed by atoms with Crippen LogP contribution >= 0.6 is 0 Å². The van der Waals surface area contributed by atoms with Crippen molar-refractivity contribution in [3.63, 3.8) is 0 Å². The molecule has 0 fully saturated rings. The Kier molecular flexibility index (Phi) is 5.75. The van der Waals surface area contributed by atoms with Gasteiger partial charge in [-0.1, -0.05) is 37.3 Å². The van der Waals surface area contributed by atoms with Gasteiger partial charge in [0.1, 0.15) is 11.9 Å². The van der Waals surface area contributed by atoms with Crippen molar-refractivity contribution in [1.82, 2.24) is 4.90 Å². The average molecular weight is 302 g/mol. The number of amides is 1. The molecule has 5 heteroatoms. The number of nitrogens with zero attached hydrogens (tertiary/aromatic N) is 1. The van der Waals surface area contributed by atoms with Gasteiger partial charge in [-0.2, -0.15) is 0 Å². The van der Waals surface area contributed by atoms with Crippen LogP contribution in [-0.4, -0.2) is 28.5 Å². The lowest BCUT2D eigenvalue weighted by Crippen LogP contribution is -2.44. The summed E-state index contributed by atoms with van der Waals surface area (Å²) >= 11 is 0. The summed E-state index contributed by atoms with van der Waals surface area (Å²) in [4.78, 5) is 14.0. The van der Waals surface area contributed by atoms with E-state index in [0.29, 0.717) is 18.7 Å². The molecule has 0 aliphatic heterocycles. The number of aliphatic hydroxyl groups is 1. The number of carbonyl (C=O) groups excluding carboxylic acids is 1. The minimum absolute atomic E-state index is 0.148. The molecule has 0 saturated carbocycles. The molecule has 2 aromatic rings. The molecule has 0 aliphatic carbocycles. The third-order valence-corrected chi connectivity index (χ3v) is 3.55. The SMILES string of the molecule is CCC(N)C(=O)N(Cc1ccccc1)CC(O)c1ccco1. The molecule has 0 spiro atoms. The maximum absolute atomic E-state index is 12.4. The molecule has 0 saturated heterocycles. The van der Waals surface area contributed by atoms with Crippen LogP contribution in [0.3, 0.4) is 0 Å². The van der Waals surface area contributed by atoms with E-state index in [2.05, 4.69) is 0 Å². The fourth-order valence-electron chi connectivity index (χ4n) is 2.22. The maximum Gasteiger partial charge on any atom is 0.239 e. The fraction of sp³-hybridized carbons (Fsp3) is 0.353. The molecule has 1 heterocycles. The van der Waals surface area contributed by atoms with Crippen LogP contribution in [0.15, 0.2) is 53.1 Å². The summed E-state index contributed by atoms with van der Waals surface area (Å²) in [6, 6.07) is 12.5. The van der Waals surface area contributed by atoms with Gasteiger partial charge in [-0.25, -0.2) is 0 Å².